The van der Waals surface area contributed by atoms with Crippen molar-refractivity contribution < 1.29 is 14.7 Å². The number of carbonyl (C=O) groups is 2. The van der Waals surface area contributed by atoms with E-state index in [1.165, 1.54) is 10.7 Å². The zero-order valence-electron chi connectivity index (χ0n) is 14.9. The summed E-state index contributed by atoms with van der Waals surface area (Å²) in [6.07, 6.45) is 0. The second-order valence-electron chi connectivity index (χ2n) is 7.03. The highest BCUT2D eigenvalue weighted by Gasteiger charge is 2.22. The summed E-state index contributed by atoms with van der Waals surface area (Å²) in [5.74, 6) is -1.33. The minimum atomic E-state index is -1.02. The molecule has 0 spiro atoms. The van der Waals surface area contributed by atoms with Gasteiger partial charge in [-0.05, 0) is 37.1 Å². The quantitative estimate of drug-likeness (QED) is 0.905. The average molecular weight is 329 g/mol. The van der Waals surface area contributed by atoms with E-state index in [4.69, 9.17) is 0 Å². The SMILES string of the molecule is Cc1cc(C)c(C(=O)O)cc1NC(=O)c1cc(C(C)(C)C)nn1C. The van der Waals surface area contributed by atoms with Crippen molar-refractivity contribution in [2.75, 3.05) is 5.32 Å². The fourth-order valence-electron chi connectivity index (χ4n) is 2.45. The van der Waals surface area contributed by atoms with Gasteiger partial charge in [0.2, 0.25) is 0 Å². The first-order chi connectivity index (χ1) is 11.0. The molecule has 1 aromatic carbocycles. The number of nitrogens with zero attached hydrogens (tertiary/aromatic N) is 2. The molecule has 0 aliphatic rings. The summed E-state index contributed by atoms with van der Waals surface area (Å²) in [5, 5.41) is 16.4. The average Bonchev–Trinajstić information content (AvgIpc) is 2.83. The Morgan fingerprint density at radius 1 is 1.12 bits per heavy atom. The maximum atomic E-state index is 12.6. The Balaban J connectivity index is 2.36. The van der Waals surface area contributed by atoms with Gasteiger partial charge in [0, 0.05) is 18.2 Å². The van der Waals surface area contributed by atoms with Crippen LogP contribution in [0.15, 0.2) is 18.2 Å². The number of carboxylic acids is 1. The zero-order chi connectivity index (χ0) is 18.2. The van der Waals surface area contributed by atoms with Crippen molar-refractivity contribution in [3.63, 3.8) is 0 Å². The van der Waals surface area contributed by atoms with E-state index in [-0.39, 0.29) is 16.9 Å². The summed E-state index contributed by atoms with van der Waals surface area (Å²) in [7, 11) is 1.72. The Morgan fingerprint density at radius 3 is 2.25 bits per heavy atom. The number of benzene rings is 1. The summed E-state index contributed by atoms with van der Waals surface area (Å²) in [6, 6.07) is 5.01. The summed E-state index contributed by atoms with van der Waals surface area (Å²) in [5.41, 5.74) is 3.22. The standard InChI is InChI=1S/C18H23N3O3/c1-10-7-11(2)13(8-12(10)17(23)24)19-16(22)14-9-15(18(3,4)5)20-21(14)6/h7-9H,1-6H3,(H,19,22)(H,23,24). The Morgan fingerprint density at radius 2 is 1.75 bits per heavy atom. The van der Waals surface area contributed by atoms with Crippen LogP contribution in [0.25, 0.3) is 0 Å². The minimum Gasteiger partial charge on any atom is -0.478 e. The third-order valence-electron chi connectivity index (χ3n) is 3.93. The molecule has 2 rings (SSSR count). The van der Waals surface area contributed by atoms with Crippen LogP contribution >= 0.6 is 0 Å². The number of rotatable bonds is 3. The van der Waals surface area contributed by atoms with Crippen molar-refractivity contribution in [1.29, 1.82) is 0 Å². The van der Waals surface area contributed by atoms with Gasteiger partial charge < -0.3 is 10.4 Å². The number of aryl methyl sites for hydroxylation is 3. The molecule has 0 saturated carbocycles. The zero-order valence-corrected chi connectivity index (χ0v) is 14.9. The first-order valence-corrected chi connectivity index (χ1v) is 7.71. The van der Waals surface area contributed by atoms with Gasteiger partial charge in [-0.3, -0.25) is 9.48 Å². The van der Waals surface area contributed by atoms with Gasteiger partial charge in [0.15, 0.2) is 0 Å². The number of hydrogen-bond acceptors (Lipinski definition) is 3. The predicted octanol–water partition coefficient (Wildman–Crippen LogP) is 3.28. The third-order valence-corrected chi connectivity index (χ3v) is 3.93. The van der Waals surface area contributed by atoms with Gasteiger partial charge in [-0.25, -0.2) is 4.79 Å². The Labute approximate surface area is 141 Å². The van der Waals surface area contributed by atoms with Gasteiger partial charge in [-0.2, -0.15) is 5.10 Å². The lowest BCUT2D eigenvalue weighted by Gasteiger charge is -2.13. The van der Waals surface area contributed by atoms with Crippen LogP contribution in [0.1, 0.15) is 58.4 Å². The van der Waals surface area contributed by atoms with E-state index in [2.05, 4.69) is 10.4 Å². The molecule has 1 amide bonds. The molecule has 6 heteroatoms. The fraction of sp³-hybridized carbons (Fsp3) is 0.389. The van der Waals surface area contributed by atoms with Gasteiger partial charge in [0.05, 0.1) is 11.3 Å². The van der Waals surface area contributed by atoms with E-state index >= 15 is 0 Å². The van der Waals surface area contributed by atoms with E-state index < -0.39 is 5.97 Å². The highest BCUT2D eigenvalue weighted by atomic mass is 16.4. The van der Waals surface area contributed by atoms with E-state index in [1.54, 1.807) is 26.1 Å². The molecule has 6 nitrogen and oxygen atoms in total. The van der Waals surface area contributed by atoms with Crippen LogP contribution in [-0.2, 0) is 12.5 Å². The lowest BCUT2D eigenvalue weighted by Crippen LogP contribution is -2.17. The molecule has 0 radical (unpaired) electrons. The molecular weight excluding hydrogens is 306 g/mol. The third kappa shape index (κ3) is 3.48. The van der Waals surface area contributed by atoms with Crippen molar-refractivity contribution in [1.82, 2.24) is 9.78 Å². The molecule has 1 heterocycles. The molecule has 0 bridgehead atoms. The highest BCUT2D eigenvalue weighted by molar-refractivity contribution is 6.04. The van der Waals surface area contributed by atoms with Crippen molar-refractivity contribution >= 4 is 17.6 Å². The molecule has 2 aromatic rings. The van der Waals surface area contributed by atoms with Gasteiger partial charge >= 0.3 is 5.97 Å². The van der Waals surface area contributed by atoms with Gasteiger partial charge in [0.1, 0.15) is 5.69 Å². The number of aromatic carboxylic acids is 1. The van der Waals surface area contributed by atoms with Crippen LogP contribution in [0.4, 0.5) is 5.69 Å². The normalized spacial score (nSPS) is 11.4. The van der Waals surface area contributed by atoms with Crippen LogP contribution in [0.2, 0.25) is 0 Å². The van der Waals surface area contributed by atoms with Gasteiger partial charge in [-0.15, -0.1) is 0 Å². The highest BCUT2D eigenvalue weighted by Crippen LogP contribution is 2.24. The Hall–Kier alpha value is -2.63. The predicted molar refractivity (Wildman–Crippen MR) is 92.7 cm³/mol. The second kappa shape index (κ2) is 6.11. The summed E-state index contributed by atoms with van der Waals surface area (Å²) in [6.45, 7) is 9.65. The number of carbonyl (C=O) groups excluding carboxylic acids is 1. The first kappa shape index (κ1) is 17.7. The maximum absolute atomic E-state index is 12.6. The number of nitrogens with one attached hydrogen (secondary N) is 1. The lowest BCUT2D eigenvalue weighted by atomic mass is 9.92. The van der Waals surface area contributed by atoms with E-state index in [9.17, 15) is 14.7 Å². The number of anilines is 1. The first-order valence-electron chi connectivity index (χ1n) is 7.71. The van der Waals surface area contributed by atoms with Crippen molar-refractivity contribution in [3.8, 4) is 0 Å². The molecule has 2 N–H and O–H groups in total. The van der Waals surface area contributed by atoms with Crippen LogP contribution in [-0.4, -0.2) is 26.8 Å². The molecule has 0 fully saturated rings. The molecule has 1 aromatic heterocycles. The monoisotopic (exact) mass is 329 g/mol. The molecule has 0 aliphatic heterocycles. The summed E-state index contributed by atoms with van der Waals surface area (Å²) in [4.78, 5) is 23.9. The smallest absolute Gasteiger partial charge is 0.336 e. The molecule has 24 heavy (non-hydrogen) atoms. The second-order valence-corrected chi connectivity index (χ2v) is 7.03. The molecule has 128 valence electrons. The van der Waals surface area contributed by atoms with E-state index in [1.807, 2.05) is 27.7 Å². The van der Waals surface area contributed by atoms with Gasteiger partial charge in [0.25, 0.3) is 5.91 Å². The van der Waals surface area contributed by atoms with Crippen molar-refractivity contribution in [2.45, 2.75) is 40.0 Å². The Kier molecular flexibility index (Phi) is 4.51. The van der Waals surface area contributed by atoms with Crippen LogP contribution in [0, 0.1) is 13.8 Å². The van der Waals surface area contributed by atoms with Crippen LogP contribution in [0.3, 0.4) is 0 Å². The summed E-state index contributed by atoms with van der Waals surface area (Å²) >= 11 is 0. The van der Waals surface area contributed by atoms with Gasteiger partial charge in [-0.1, -0.05) is 26.8 Å². The number of carboxylic acid groups (broad SMARTS) is 1. The maximum Gasteiger partial charge on any atom is 0.336 e. The largest absolute Gasteiger partial charge is 0.478 e. The molecular formula is C18H23N3O3. The topological polar surface area (TPSA) is 84.2 Å². The molecule has 0 unspecified atom stereocenters. The van der Waals surface area contributed by atoms with E-state index in [0.717, 1.165) is 11.3 Å². The van der Waals surface area contributed by atoms with Crippen LogP contribution in [0.5, 0.6) is 0 Å². The molecule has 0 saturated heterocycles. The molecule has 0 aliphatic carbocycles. The Bertz CT molecular complexity index is 814. The van der Waals surface area contributed by atoms with E-state index in [0.29, 0.717) is 16.9 Å². The lowest BCUT2D eigenvalue weighted by molar-refractivity contribution is 0.0695. The molecule has 0 atom stereocenters. The number of amides is 1. The van der Waals surface area contributed by atoms with Crippen LogP contribution < -0.4 is 5.32 Å². The minimum absolute atomic E-state index is 0.160. The number of hydrogen-bond donors (Lipinski definition) is 2. The number of aromatic nitrogens is 2. The summed E-state index contributed by atoms with van der Waals surface area (Å²) < 4.78 is 1.54. The van der Waals surface area contributed by atoms with Crippen molar-refractivity contribution in [3.05, 3.63) is 46.3 Å². The fourth-order valence-corrected chi connectivity index (χ4v) is 2.45. The van der Waals surface area contributed by atoms with Crippen molar-refractivity contribution in [2.24, 2.45) is 7.05 Å².